The third-order valence-electron chi connectivity index (χ3n) is 7.15. The summed E-state index contributed by atoms with van der Waals surface area (Å²) in [4.78, 5) is 6.30. The Morgan fingerprint density at radius 2 is 1.82 bits per heavy atom. The van der Waals surface area contributed by atoms with E-state index >= 15 is 4.39 Å². The van der Waals surface area contributed by atoms with Gasteiger partial charge in [-0.05, 0) is 50.3 Å². The molecule has 2 aliphatic heterocycles. The van der Waals surface area contributed by atoms with Gasteiger partial charge < -0.3 is 9.42 Å². The zero-order chi connectivity index (χ0) is 23.7. The minimum Gasteiger partial charge on any atom is -0.371 e. The first kappa shape index (κ1) is 23.0. The van der Waals surface area contributed by atoms with Crippen LogP contribution in [0.15, 0.2) is 59.4 Å². The summed E-state index contributed by atoms with van der Waals surface area (Å²) in [5, 5.41) is 3.09. The lowest BCUT2D eigenvalue weighted by Crippen LogP contribution is -2.44. The van der Waals surface area contributed by atoms with Crippen LogP contribution in [-0.2, 0) is 16.6 Å². The van der Waals surface area contributed by atoms with Crippen molar-refractivity contribution in [2.75, 3.05) is 18.0 Å². The van der Waals surface area contributed by atoms with E-state index in [0.29, 0.717) is 17.9 Å². The summed E-state index contributed by atoms with van der Waals surface area (Å²) in [6.45, 7) is 3.47. The maximum absolute atomic E-state index is 15.2. The topological polar surface area (TPSA) is 79.5 Å². The molecule has 9 heteroatoms. The van der Waals surface area contributed by atoms with Gasteiger partial charge in [-0.1, -0.05) is 41.6 Å². The molecule has 7 nitrogen and oxygen atoms in total. The van der Waals surface area contributed by atoms with Crippen molar-refractivity contribution in [1.82, 2.24) is 14.4 Å². The normalized spacial score (nSPS) is 23.8. The zero-order valence-electron chi connectivity index (χ0n) is 19.2. The molecular weight excluding hydrogens is 455 g/mol. The molecule has 0 saturated carbocycles. The fourth-order valence-electron chi connectivity index (χ4n) is 5.13. The molecule has 2 aliphatic rings. The lowest BCUT2D eigenvalue weighted by atomic mass is 9.96. The Kier molecular flexibility index (Phi) is 6.40. The lowest BCUT2D eigenvalue weighted by Gasteiger charge is -2.37. The molecule has 0 amide bonds. The van der Waals surface area contributed by atoms with Gasteiger partial charge >= 0.3 is 0 Å². The van der Waals surface area contributed by atoms with E-state index in [0.717, 1.165) is 43.6 Å². The van der Waals surface area contributed by atoms with Crippen LogP contribution in [-0.4, -0.2) is 42.0 Å². The van der Waals surface area contributed by atoms with E-state index in [2.05, 4.69) is 15.0 Å². The molecule has 0 aliphatic carbocycles. The van der Waals surface area contributed by atoms with Crippen molar-refractivity contribution >= 4 is 15.7 Å². The van der Waals surface area contributed by atoms with Gasteiger partial charge in [-0.15, -0.1) is 0 Å². The third kappa shape index (κ3) is 4.46. The van der Waals surface area contributed by atoms with E-state index in [1.807, 2.05) is 43.3 Å². The molecule has 1 unspecified atom stereocenters. The molecule has 2 fully saturated rings. The highest BCUT2D eigenvalue weighted by molar-refractivity contribution is 7.89. The Morgan fingerprint density at radius 3 is 2.50 bits per heavy atom. The smallest absolute Gasteiger partial charge is 0.229 e. The fourth-order valence-corrected chi connectivity index (χ4v) is 7.32. The number of sulfonamides is 1. The largest absolute Gasteiger partial charge is 0.371 e. The summed E-state index contributed by atoms with van der Waals surface area (Å²) in [7, 11) is -3.60. The minimum absolute atomic E-state index is 0.0399. The maximum Gasteiger partial charge on any atom is 0.229 e. The van der Waals surface area contributed by atoms with Gasteiger partial charge in [-0.2, -0.15) is 9.29 Å². The second-order valence-electron chi connectivity index (χ2n) is 9.23. The molecule has 1 aromatic heterocycles. The second-order valence-corrected chi connectivity index (χ2v) is 11.3. The molecular formula is C25H29FN4O3S. The van der Waals surface area contributed by atoms with Crippen LogP contribution >= 0.6 is 0 Å². The maximum atomic E-state index is 15.2. The van der Waals surface area contributed by atoms with Gasteiger partial charge in [-0.25, -0.2) is 12.8 Å². The van der Waals surface area contributed by atoms with Crippen LogP contribution in [0.5, 0.6) is 0 Å². The average Bonchev–Trinajstić information content (AvgIpc) is 3.38. The fraction of sp³-hybridized carbons (Fsp3) is 0.440. The van der Waals surface area contributed by atoms with Crippen molar-refractivity contribution in [2.45, 2.75) is 56.4 Å². The Balaban J connectivity index is 1.30. The van der Waals surface area contributed by atoms with Crippen molar-refractivity contribution in [3.05, 3.63) is 77.7 Å². The molecule has 2 atom stereocenters. The quantitative estimate of drug-likeness (QED) is 0.525. The lowest BCUT2D eigenvalue weighted by molar-refractivity contribution is 0.279. The van der Waals surface area contributed by atoms with Crippen molar-refractivity contribution in [3.63, 3.8) is 0 Å². The van der Waals surface area contributed by atoms with E-state index in [9.17, 15) is 8.42 Å². The number of halogens is 1. The van der Waals surface area contributed by atoms with E-state index in [1.54, 1.807) is 6.07 Å². The minimum atomic E-state index is -3.60. The summed E-state index contributed by atoms with van der Waals surface area (Å²) in [5.41, 5.74) is 2.00. The van der Waals surface area contributed by atoms with Gasteiger partial charge in [0.25, 0.3) is 0 Å². The van der Waals surface area contributed by atoms with Crippen molar-refractivity contribution < 1.29 is 17.3 Å². The van der Waals surface area contributed by atoms with Gasteiger partial charge in [-0.3, -0.25) is 0 Å². The summed E-state index contributed by atoms with van der Waals surface area (Å²) >= 11 is 0. The molecule has 0 radical (unpaired) electrons. The van der Waals surface area contributed by atoms with Crippen molar-refractivity contribution in [2.24, 2.45) is 0 Å². The second kappa shape index (κ2) is 9.46. The number of hydrogen-bond acceptors (Lipinski definition) is 6. The van der Waals surface area contributed by atoms with E-state index < -0.39 is 15.3 Å². The number of benzene rings is 2. The van der Waals surface area contributed by atoms with Gasteiger partial charge in [0, 0.05) is 42.8 Å². The number of aromatic nitrogens is 2. The first-order valence-electron chi connectivity index (χ1n) is 11.8. The van der Waals surface area contributed by atoms with Crippen LogP contribution in [0.3, 0.4) is 0 Å². The van der Waals surface area contributed by atoms with Gasteiger partial charge in [0.05, 0.1) is 0 Å². The standard InChI is InChI=1S/C25H29FN4O3S/c1-18-7-10-24(19-5-3-2-4-6-19)34(31,32)30(18)16-21-8-9-22(15-23(21)26)29-13-11-20(12-14-29)25-27-17-28-33-25/h2-6,8-9,15,17-18,20,24H,7,10-14,16H2,1H3/t18-,24?/m0/s1. The van der Waals surface area contributed by atoms with E-state index in [1.165, 1.54) is 16.7 Å². The molecule has 2 saturated heterocycles. The highest BCUT2D eigenvalue weighted by Gasteiger charge is 2.40. The predicted octanol–water partition coefficient (Wildman–Crippen LogP) is 4.65. The SMILES string of the molecule is C[C@H]1CCC(c2ccccc2)S(=O)(=O)N1Cc1ccc(N2CCC(c3ncno3)CC2)cc1F. The van der Waals surface area contributed by atoms with Crippen LogP contribution in [0.2, 0.25) is 0 Å². The number of piperidine rings is 1. The van der Waals surface area contributed by atoms with Gasteiger partial charge in [0.2, 0.25) is 15.9 Å². The average molecular weight is 485 g/mol. The predicted molar refractivity (Wildman–Crippen MR) is 127 cm³/mol. The molecule has 3 heterocycles. The number of anilines is 1. The van der Waals surface area contributed by atoms with Crippen LogP contribution < -0.4 is 4.90 Å². The Bertz CT molecular complexity index is 1210. The molecule has 0 bridgehead atoms. The van der Waals surface area contributed by atoms with Crippen LogP contribution in [0.25, 0.3) is 0 Å². The Morgan fingerprint density at radius 1 is 1.06 bits per heavy atom. The van der Waals surface area contributed by atoms with Crippen LogP contribution in [0.4, 0.5) is 10.1 Å². The highest BCUT2D eigenvalue weighted by atomic mass is 32.2. The molecule has 5 rings (SSSR count). The van der Waals surface area contributed by atoms with Crippen molar-refractivity contribution in [3.8, 4) is 0 Å². The van der Waals surface area contributed by atoms with E-state index in [4.69, 9.17) is 4.52 Å². The Labute approximate surface area is 199 Å². The molecule has 180 valence electrons. The Hall–Kier alpha value is -2.78. The molecule has 34 heavy (non-hydrogen) atoms. The highest BCUT2D eigenvalue weighted by Crippen LogP contribution is 2.38. The first-order valence-corrected chi connectivity index (χ1v) is 13.3. The summed E-state index contributed by atoms with van der Waals surface area (Å²) in [6.07, 6.45) is 4.45. The van der Waals surface area contributed by atoms with Crippen LogP contribution in [0.1, 0.15) is 60.8 Å². The summed E-state index contributed by atoms with van der Waals surface area (Å²) in [6, 6.07) is 14.3. The summed E-state index contributed by atoms with van der Waals surface area (Å²) in [5.74, 6) is 0.513. The van der Waals surface area contributed by atoms with E-state index in [-0.39, 0.29) is 24.3 Å². The molecule has 2 aromatic carbocycles. The van der Waals surface area contributed by atoms with Gasteiger partial charge in [0.1, 0.15) is 11.1 Å². The molecule has 3 aromatic rings. The number of nitrogens with zero attached hydrogens (tertiary/aromatic N) is 4. The summed E-state index contributed by atoms with van der Waals surface area (Å²) < 4.78 is 48.8. The first-order chi connectivity index (χ1) is 16.4. The monoisotopic (exact) mass is 484 g/mol. The number of hydrogen-bond donors (Lipinski definition) is 0. The zero-order valence-corrected chi connectivity index (χ0v) is 20.0. The third-order valence-corrected chi connectivity index (χ3v) is 9.52. The molecule has 0 N–H and O–H groups in total. The van der Waals surface area contributed by atoms with Gasteiger partial charge in [0.15, 0.2) is 6.33 Å². The molecule has 0 spiro atoms. The number of rotatable bonds is 5. The van der Waals surface area contributed by atoms with Crippen molar-refractivity contribution in [1.29, 1.82) is 0 Å². The van der Waals surface area contributed by atoms with Crippen LogP contribution in [0, 0.1) is 5.82 Å².